The van der Waals surface area contributed by atoms with Gasteiger partial charge in [0.25, 0.3) is 0 Å². The largest absolute Gasteiger partial charge is 0.390 e. The van der Waals surface area contributed by atoms with Gasteiger partial charge in [-0.1, -0.05) is 0 Å². The van der Waals surface area contributed by atoms with Gasteiger partial charge in [-0.05, 0) is 13.8 Å². The van der Waals surface area contributed by atoms with Crippen molar-refractivity contribution in [3.8, 4) is 0 Å². The molecule has 3 nitrogen and oxygen atoms in total. The number of hydrogen-bond acceptors (Lipinski definition) is 5. The molecule has 1 aliphatic rings. The molecule has 0 aliphatic carbocycles. The minimum atomic E-state index is -0.419. The van der Waals surface area contributed by atoms with Crippen molar-refractivity contribution in [2.75, 3.05) is 18.1 Å². The zero-order chi connectivity index (χ0) is 11.5. The van der Waals surface area contributed by atoms with Gasteiger partial charge in [-0.3, -0.25) is 0 Å². The van der Waals surface area contributed by atoms with E-state index in [4.69, 9.17) is 4.74 Å². The number of nitrogens with zero attached hydrogens (tertiary/aromatic N) is 1. The Morgan fingerprint density at radius 1 is 1.56 bits per heavy atom. The number of rotatable bonds is 3. The number of aryl methyl sites for hydroxylation is 2. The lowest BCUT2D eigenvalue weighted by Crippen LogP contribution is -2.36. The fraction of sp³-hybridized carbons (Fsp3) is 0.727. The van der Waals surface area contributed by atoms with Crippen LogP contribution in [0.5, 0.6) is 0 Å². The number of aliphatic hydroxyl groups excluding tert-OH is 1. The highest BCUT2D eigenvalue weighted by molar-refractivity contribution is 7.99. The van der Waals surface area contributed by atoms with Crippen molar-refractivity contribution in [2.45, 2.75) is 32.5 Å². The monoisotopic (exact) mass is 259 g/mol. The van der Waals surface area contributed by atoms with Crippen molar-refractivity contribution in [1.29, 1.82) is 0 Å². The molecule has 2 atom stereocenters. The van der Waals surface area contributed by atoms with Gasteiger partial charge in [-0.25, -0.2) is 4.98 Å². The number of hydrogen-bond donors (Lipinski definition) is 1. The molecule has 5 heteroatoms. The van der Waals surface area contributed by atoms with Gasteiger partial charge in [0.2, 0.25) is 0 Å². The smallest absolute Gasteiger partial charge is 0.0957 e. The third-order valence-corrected chi connectivity index (χ3v) is 4.84. The molecule has 0 spiro atoms. The summed E-state index contributed by atoms with van der Waals surface area (Å²) in [6, 6.07) is 0. The highest BCUT2D eigenvalue weighted by Gasteiger charge is 2.24. The van der Waals surface area contributed by atoms with E-state index >= 15 is 0 Å². The Hall–Kier alpha value is -0.100. The maximum absolute atomic E-state index is 10.1. The van der Waals surface area contributed by atoms with Crippen LogP contribution < -0.4 is 0 Å². The highest BCUT2D eigenvalue weighted by Crippen LogP contribution is 2.21. The molecule has 2 rings (SSSR count). The van der Waals surface area contributed by atoms with Crippen LogP contribution in [0.15, 0.2) is 0 Å². The molecular formula is C11H17NO2S2. The molecule has 0 saturated carbocycles. The van der Waals surface area contributed by atoms with Crippen LogP contribution in [0.1, 0.15) is 15.6 Å². The van der Waals surface area contributed by atoms with E-state index in [0.29, 0.717) is 6.42 Å². The van der Waals surface area contributed by atoms with Crippen molar-refractivity contribution in [3.05, 3.63) is 15.6 Å². The number of aromatic nitrogens is 1. The molecule has 0 bridgehead atoms. The second-order valence-electron chi connectivity index (χ2n) is 4.00. The Kier molecular flexibility index (Phi) is 4.24. The summed E-state index contributed by atoms with van der Waals surface area (Å²) in [4.78, 5) is 5.68. The van der Waals surface area contributed by atoms with Crippen molar-refractivity contribution in [1.82, 2.24) is 4.98 Å². The standard InChI is InChI=1S/C11H17NO2S2/c1-7-8(2)16-11(12-7)5-9(13)10-6-15-4-3-14-10/h9-10,13H,3-6H2,1-2H3. The number of aliphatic hydroxyl groups is 1. The summed E-state index contributed by atoms with van der Waals surface area (Å²) in [6.07, 6.45) is 0.172. The SMILES string of the molecule is Cc1nc(CC(O)C2CSCCO2)sc1C. The summed E-state index contributed by atoms with van der Waals surface area (Å²) in [5, 5.41) is 11.1. The van der Waals surface area contributed by atoms with Crippen LogP contribution in [0.25, 0.3) is 0 Å². The van der Waals surface area contributed by atoms with Gasteiger partial charge in [0, 0.05) is 22.8 Å². The molecular weight excluding hydrogens is 242 g/mol. The minimum Gasteiger partial charge on any atom is -0.390 e. The molecule has 1 aliphatic heterocycles. The van der Waals surface area contributed by atoms with Gasteiger partial charge in [-0.2, -0.15) is 11.8 Å². The van der Waals surface area contributed by atoms with E-state index in [-0.39, 0.29) is 6.10 Å². The Morgan fingerprint density at radius 2 is 2.38 bits per heavy atom. The fourth-order valence-electron chi connectivity index (χ4n) is 1.66. The lowest BCUT2D eigenvalue weighted by molar-refractivity contribution is -0.0208. The third-order valence-electron chi connectivity index (χ3n) is 2.73. The molecule has 2 heterocycles. The van der Waals surface area contributed by atoms with E-state index in [0.717, 1.165) is 28.8 Å². The quantitative estimate of drug-likeness (QED) is 0.899. The molecule has 0 amide bonds. The van der Waals surface area contributed by atoms with E-state index in [1.807, 2.05) is 18.7 Å². The van der Waals surface area contributed by atoms with Crippen LogP contribution in [0, 0.1) is 13.8 Å². The highest BCUT2D eigenvalue weighted by atomic mass is 32.2. The van der Waals surface area contributed by atoms with Crippen molar-refractivity contribution in [3.63, 3.8) is 0 Å². The van der Waals surface area contributed by atoms with E-state index in [1.54, 1.807) is 11.3 Å². The van der Waals surface area contributed by atoms with Crippen LogP contribution in [0.3, 0.4) is 0 Å². The second kappa shape index (κ2) is 5.49. The summed E-state index contributed by atoms with van der Waals surface area (Å²) in [5.74, 6) is 1.93. The number of thiazole rings is 1. The van der Waals surface area contributed by atoms with Crippen LogP contribution in [0.2, 0.25) is 0 Å². The first-order valence-corrected chi connectivity index (χ1v) is 7.44. The van der Waals surface area contributed by atoms with Gasteiger partial charge in [0.1, 0.15) is 0 Å². The Bertz CT molecular complexity index is 328. The number of thioether (sulfide) groups is 1. The van der Waals surface area contributed by atoms with Crippen LogP contribution in [-0.2, 0) is 11.2 Å². The third kappa shape index (κ3) is 2.97. The fourth-order valence-corrected chi connectivity index (χ4v) is 3.58. The van der Waals surface area contributed by atoms with Crippen LogP contribution in [-0.4, -0.2) is 40.4 Å². The Balaban J connectivity index is 1.93. The molecule has 90 valence electrons. The maximum atomic E-state index is 10.1. The second-order valence-corrected chi connectivity index (χ2v) is 6.44. The molecule has 1 aromatic rings. The van der Waals surface area contributed by atoms with Crippen molar-refractivity contribution in [2.24, 2.45) is 0 Å². The van der Waals surface area contributed by atoms with Gasteiger partial charge >= 0.3 is 0 Å². The lowest BCUT2D eigenvalue weighted by atomic mass is 10.1. The molecule has 1 fully saturated rings. The van der Waals surface area contributed by atoms with Crippen molar-refractivity contribution < 1.29 is 9.84 Å². The minimum absolute atomic E-state index is 0.0248. The average Bonchev–Trinajstić information content (AvgIpc) is 2.59. The predicted octanol–water partition coefficient (Wildman–Crippen LogP) is 1.80. The average molecular weight is 259 g/mol. The first kappa shape index (κ1) is 12.4. The van der Waals surface area contributed by atoms with Gasteiger partial charge in [-0.15, -0.1) is 11.3 Å². The number of ether oxygens (including phenoxy) is 1. The predicted molar refractivity (Wildman–Crippen MR) is 68.4 cm³/mol. The maximum Gasteiger partial charge on any atom is 0.0957 e. The molecule has 1 saturated heterocycles. The van der Waals surface area contributed by atoms with Gasteiger partial charge in [0.05, 0.1) is 29.5 Å². The van der Waals surface area contributed by atoms with E-state index in [2.05, 4.69) is 11.9 Å². The van der Waals surface area contributed by atoms with Gasteiger partial charge < -0.3 is 9.84 Å². The summed E-state index contributed by atoms with van der Waals surface area (Å²) in [6.45, 7) is 4.83. The molecule has 0 aromatic carbocycles. The van der Waals surface area contributed by atoms with Crippen LogP contribution >= 0.6 is 23.1 Å². The van der Waals surface area contributed by atoms with E-state index in [1.165, 1.54) is 4.88 Å². The van der Waals surface area contributed by atoms with E-state index in [9.17, 15) is 5.11 Å². The Labute approximate surface area is 104 Å². The van der Waals surface area contributed by atoms with Gasteiger partial charge in [0.15, 0.2) is 0 Å². The Morgan fingerprint density at radius 3 is 2.94 bits per heavy atom. The summed E-state index contributed by atoms with van der Waals surface area (Å²) < 4.78 is 5.55. The zero-order valence-electron chi connectivity index (χ0n) is 9.60. The summed E-state index contributed by atoms with van der Waals surface area (Å²) >= 11 is 3.52. The topological polar surface area (TPSA) is 42.4 Å². The van der Waals surface area contributed by atoms with Crippen LogP contribution in [0.4, 0.5) is 0 Å². The first-order chi connectivity index (χ1) is 7.66. The molecule has 1 N–H and O–H groups in total. The molecule has 2 unspecified atom stereocenters. The lowest BCUT2D eigenvalue weighted by Gasteiger charge is -2.26. The summed E-state index contributed by atoms with van der Waals surface area (Å²) in [7, 11) is 0. The molecule has 16 heavy (non-hydrogen) atoms. The summed E-state index contributed by atoms with van der Waals surface area (Å²) in [5.41, 5.74) is 1.08. The molecule has 1 aromatic heterocycles. The van der Waals surface area contributed by atoms with E-state index < -0.39 is 6.10 Å². The zero-order valence-corrected chi connectivity index (χ0v) is 11.2. The molecule has 0 radical (unpaired) electrons. The normalized spacial score (nSPS) is 23.3. The van der Waals surface area contributed by atoms with Crippen molar-refractivity contribution >= 4 is 23.1 Å². The first-order valence-electron chi connectivity index (χ1n) is 5.47.